The summed E-state index contributed by atoms with van der Waals surface area (Å²) in [5, 5.41) is 4.79. The Morgan fingerprint density at radius 3 is 2.50 bits per heavy atom. The number of rotatable bonds is 3. The summed E-state index contributed by atoms with van der Waals surface area (Å²) < 4.78 is 37.0. The lowest BCUT2D eigenvalue weighted by atomic mass is 9.95. The summed E-state index contributed by atoms with van der Waals surface area (Å²) in [4.78, 5) is 25.1. The molecule has 2 rings (SSSR count). The van der Waals surface area contributed by atoms with Gasteiger partial charge in [0.1, 0.15) is 0 Å². The van der Waals surface area contributed by atoms with E-state index in [1.165, 1.54) is 11.3 Å². The van der Waals surface area contributed by atoms with Gasteiger partial charge in [0.05, 0.1) is 6.04 Å². The third kappa shape index (κ3) is 4.00. The fraction of sp³-hybridized carbons (Fsp3) is 0.571. The normalized spacial score (nSPS) is 18.1. The van der Waals surface area contributed by atoms with Crippen molar-refractivity contribution < 1.29 is 22.8 Å². The molecular weight excluding hydrogens is 317 g/mol. The maximum Gasteiger partial charge on any atom is 0.471 e. The van der Waals surface area contributed by atoms with Crippen LogP contribution in [0.4, 0.5) is 13.2 Å². The molecule has 0 radical (unpaired) electrons. The molecule has 22 heavy (non-hydrogen) atoms. The molecule has 0 bridgehead atoms. The van der Waals surface area contributed by atoms with Crippen molar-refractivity contribution >= 4 is 23.2 Å². The Morgan fingerprint density at radius 1 is 1.36 bits per heavy atom. The minimum Gasteiger partial charge on any atom is -0.349 e. The van der Waals surface area contributed by atoms with E-state index in [9.17, 15) is 22.8 Å². The minimum absolute atomic E-state index is 0.0379. The summed E-state index contributed by atoms with van der Waals surface area (Å²) in [6.07, 6.45) is -4.33. The Morgan fingerprint density at radius 2 is 2.00 bits per heavy atom. The van der Waals surface area contributed by atoms with Gasteiger partial charge in [0.25, 0.3) is 0 Å². The zero-order chi connectivity index (χ0) is 16.3. The van der Waals surface area contributed by atoms with E-state index in [4.69, 9.17) is 0 Å². The van der Waals surface area contributed by atoms with Gasteiger partial charge < -0.3 is 10.2 Å². The van der Waals surface area contributed by atoms with Crippen molar-refractivity contribution in [3.63, 3.8) is 0 Å². The summed E-state index contributed by atoms with van der Waals surface area (Å²) in [7, 11) is 0. The van der Waals surface area contributed by atoms with Gasteiger partial charge in [-0.3, -0.25) is 9.59 Å². The van der Waals surface area contributed by atoms with Crippen LogP contribution in [0.5, 0.6) is 0 Å². The van der Waals surface area contributed by atoms with Gasteiger partial charge in [-0.2, -0.15) is 13.2 Å². The van der Waals surface area contributed by atoms with E-state index < -0.39 is 12.1 Å². The molecule has 1 atom stereocenters. The Hall–Kier alpha value is -1.57. The van der Waals surface area contributed by atoms with Crippen molar-refractivity contribution in [1.82, 2.24) is 10.2 Å². The van der Waals surface area contributed by atoms with Crippen molar-refractivity contribution in [1.29, 1.82) is 0 Å². The second-order valence-electron chi connectivity index (χ2n) is 5.31. The number of likely N-dealkylation sites (tertiary alicyclic amines) is 1. The highest BCUT2D eigenvalue weighted by Gasteiger charge is 2.43. The monoisotopic (exact) mass is 334 g/mol. The van der Waals surface area contributed by atoms with Gasteiger partial charge in [-0.15, -0.1) is 11.3 Å². The van der Waals surface area contributed by atoms with Gasteiger partial charge in [0.15, 0.2) is 0 Å². The molecule has 2 heterocycles. The smallest absolute Gasteiger partial charge is 0.349 e. The number of hydrogen-bond donors (Lipinski definition) is 1. The van der Waals surface area contributed by atoms with E-state index in [0.29, 0.717) is 0 Å². The molecule has 1 N–H and O–H groups in total. The average molecular weight is 334 g/mol. The van der Waals surface area contributed by atoms with Crippen LogP contribution in [0.15, 0.2) is 17.5 Å². The van der Waals surface area contributed by atoms with Gasteiger partial charge in [-0.05, 0) is 31.2 Å². The van der Waals surface area contributed by atoms with Crippen molar-refractivity contribution in [3.8, 4) is 0 Å². The van der Waals surface area contributed by atoms with Crippen LogP contribution >= 0.6 is 11.3 Å². The highest BCUT2D eigenvalue weighted by molar-refractivity contribution is 7.10. The number of piperidine rings is 1. The predicted octanol–water partition coefficient (Wildman–Crippen LogP) is 2.73. The molecule has 2 amide bonds. The molecule has 1 aliphatic rings. The summed E-state index contributed by atoms with van der Waals surface area (Å²) in [5.41, 5.74) is 0. The lowest BCUT2D eigenvalue weighted by Crippen LogP contribution is -2.47. The first-order chi connectivity index (χ1) is 10.3. The quantitative estimate of drug-likeness (QED) is 0.924. The standard InChI is InChI=1S/C14H17F3N2O2S/c1-9(11-3-2-8-22-11)18-12(20)10-4-6-19(7-5-10)13(21)14(15,16)17/h2-3,8-10H,4-7H2,1H3,(H,18,20). The Kier molecular flexibility index (Phi) is 5.10. The van der Waals surface area contributed by atoms with Gasteiger partial charge >= 0.3 is 12.1 Å². The number of carbonyl (C=O) groups excluding carboxylic acids is 2. The molecule has 0 spiro atoms. The average Bonchev–Trinajstić information content (AvgIpc) is 3.00. The molecular formula is C14H17F3N2O2S. The fourth-order valence-corrected chi connectivity index (χ4v) is 3.20. The molecule has 122 valence electrons. The van der Waals surface area contributed by atoms with Gasteiger partial charge in [-0.1, -0.05) is 6.07 Å². The molecule has 1 aromatic heterocycles. The number of hydrogen-bond acceptors (Lipinski definition) is 3. The van der Waals surface area contributed by atoms with Crippen LogP contribution in [-0.2, 0) is 9.59 Å². The largest absolute Gasteiger partial charge is 0.471 e. The highest BCUT2D eigenvalue weighted by Crippen LogP contribution is 2.25. The molecule has 1 saturated heterocycles. The lowest BCUT2D eigenvalue weighted by molar-refractivity contribution is -0.186. The SMILES string of the molecule is CC(NC(=O)C1CCN(C(=O)C(F)(F)F)CC1)c1cccs1. The third-order valence-electron chi connectivity index (χ3n) is 3.72. The van der Waals surface area contributed by atoms with Crippen LogP contribution < -0.4 is 5.32 Å². The predicted molar refractivity (Wildman–Crippen MR) is 76.2 cm³/mol. The molecule has 1 unspecified atom stereocenters. The van der Waals surface area contributed by atoms with Crippen LogP contribution in [0, 0.1) is 5.92 Å². The Labute approximate surface area is 130 Å². The minimum atomic E-state index is -4.84. The first-order valence-corrected chi connectivity index (χ1v) is 7.87. The maximum absolute atomic E-state index is 12.3. The van der Waals surface area contributed by atoms with Crippen LogP contribution in [0.1, 0.15) is 30.7 Å². The number of nitrogens with zero attached hydrogens (tertiary/aromatic N) is 1. The zero-order valence-corrected chi connectivity index (χ0v) is 12.8. The van der Waals surface area contributed by atoms with Crippen LogP contribution in [0.2, 0.25) is 0 Å². The zero-order valence-electron chi connectivity index (χ0n) is 12.0. The fourth-order valence-electron chi connectivity index (χ4n) is 2.46. The molecule has 0 aliphatic carbocycles. The molecule has 0 saturated carbocycles. The Bertz CT molecular complexity index is 523. The Balaban J connectivity index is 1.84. The van der Waals surface area contributed by atoms with Crippen molar-refractivity contribution in [2.75, 3.05) is 13.1 Å². The third-order valence-corrected chi connectivity index (χ3v) is 4.78. The van der Waals surface area contributed by atoms with Crippen LogP contribution in [0.25, 0.3) is 0 Å². The number of amides is 2. The van der Waals surface area contributed by atoms with E-state index in [2.05, 4.69) is 5.32 Å². The highest BCUT2D eigenvalue weighted by atomic mass is 32.1. The van der Waals surface area contributed by atoms with Gasteiger partial charge in [0.2, 0.25) is 5.91 Å². The van der Waals surface area contributed by atoms with Crippen LogP contribution in [0.3, 0.4) is 0 Å². The van der Waals surface area contributed by atoms with Crippen molar-refractivity contribution in [3.05, 3.63) is 22.4 Å². The number of halogens is 3. The summed E-state index contributed by atoms with van der Waals surface area (Å²) in [6.45, 7) is 1.79. The number of thiophene rings is 1. The summed E-state index contributed by atoms with van der Waals surface area (Å²) in [6, 6.07) is 3.69. The number of alkyl halides is 3. The second-order valence-corrected chi connectivity index (χ2v) is 6.29. The van der Waals surface area contributed by atoms with Crippen molar-refractivity contribution in [2.24, 2.45) is 5.92 Å². The molecule has 8 heteroatoms. The maximum atomic E-state index is 12.3. The number of nitrogens with one attached hydrogen (secondary N) is 1. The number of carbonyl (C=O) groups is 2. The molecule has 1 fully saturated rings. The molecule has 1 aromatic rings. The second kappa shape index (κ2) is 6.68. The van der Waals surface area contributed by atoms with E-state index in [-0.39, 0.29) is 43.8 Å². The molecule has 0 aromatic carbocycles. The van der Waals surface area contributed by atoms with Crippen LogP contribution in [-0.4, -0.2) is 36.0 Å². The topological polar surface area (TPSA) is 49.4 Å². The molecule has 1 aliphatic heterocycles. The van der Waals surface area contributed by atoms with Gasteiger partial charge in [-0.25, -0.2) is 0 Å². The van der Waals surface area contributed by atoms with E-state index in [0.717, 1.165) is 9.78 Å². The van der Waals surface area contributed by atoms with E-state index >= 15 is 0 Å². The van der Waals surface area contributed by atoms with Crippen molar-refractivity contribution in [2.45, 2.75) is 32.0 Å². The lowest BCUT2D eigenvalue weighted by Gasteiger charge is -2.32. The van der Waals surface area contributed by atoms with E-state index in [1.54, 1.807) is 0 Å². The first-order valence-electron chi connectivity index (χ1n) is 6.99. The first kappa shape index (κ1) is 16.8. The van der Waals surface area contributed by atoms with Gasteiger partial charge in [0, 0.05) is 23.9 Å². The van der Waals surface area contributed by atoms with E-state index in [1.807, 2.05) is 24.4 Å². The summed E-state index contributed by atoms with van der Waals surface area (Å²) in [5.74, 6) is -2.34. The molecule has 4 nitrogen and oxygen atoms in total. The summed E-state index contributed by atoms with van der Waals surface area (Å²) >= 11 is 1.53.